The number of aryl methyl sites for hydroxylation is 1. The molecule has 1 fully saturated rings. The highest BCUT2D eigenvalue weighted by Crippen LogP contribution is 2.64. The van der Waals surface area contributed by atoms with Crippen LogP contribution in [-0.4, -0.2) is 11.7 Å². The van der Waals surface area contributed by atoms with E-state index in [0.29, 0.717) is 17.3 Å². The second kappa shape index (κ2) is 2.58. The van der Waals surface area contributed by atoms with E-state index in [1.165, 1.54) is 5.56 Å². The van der Waals surface area contributed by atoms with Crippen molar-refractivity contribution in [2.45, 2.75) is 26.7 Å². The van der Waals surface area contributed by atoms with Gasteiger partial charge in [0.2, 0.25) is 0 Å². The van der Waals surface area contributed by atoms with Crippen molar-refractivity contribution in [2.75, 3.05) is 6.54 Å². The van der Waals surface area contributed by atoms with E-state index in [9.17, 15) is 0 Å². The summed E-state index contributed by atoms with van der Waals surface area (Å²) in [6.45, 7) is 7.22. The molecule has 2 atom stereocenters. The van der Waals surface area contributed by atoms with E-state index in [2.05, 4.69) is 19.0 Å². The molecule has 2 N–H and O–H groups in total. The monoisotopic (exact) mass is 180 g/mol. The molecule has 0 aromatic carbocycles. The predicted molar refractivity (Wildman–Crippen MR) is 50.3 cm³/mol. The van der Waals surface area contributed by atoms with Gasteiger partial charge in [-0.2, -0.15) is 0 Å². The van der Waals surface area contributed by atoms with Gasteiger partial charge in [0.15, 0.2) is 0 Å². The Morgan fingerprint density at radius 3 is 2.69 bits per heavy atom. The summed E-state index contributed by atoms with van der Waals surface area (Å²) in [6, 6.07) is 0. The molecule has 1 saturated carbocycles. The summed E-state index contributed by atoms with van der Waals surface area (Å²) >= 11 is 0. The molecular weight excluding hydrogens is 164 g/mol. The summed E-state index contributed by atoms with van der Waals surface area (Å²) in [4.78, 5) is 0. The van der Waals surface area contributed by atoms with Crippen LogP contribution in [0.5, 0.6) is 0 Å². The third-order valence-electron chi connectivity index (χ3n) is 3.43. The van der Waals surface area contributed by atoms with Crippen LogP contribution in [0.25, 0.3) is 0 Å². The van der Waals surface area contributed by atoms with Crippen LogP contribution in [-0.2, 0) is 0 Å². The van der Waals surface area contributed by atoms with Gasteiger partial charge >= 0.3 is 0 Å². The Kier molecular flexibility index (Phi) is 1.74. The van der Waals surface area contributed by atoms with Crippen LogP contribution in [0, 0.1) is 18.3 Å². The second-order valence-corrected chi connectivity index (χ2v) is 4.48. The van der Waals surface area contributed by atoms with Crippen molar-refractivity contribution in [1.29, 1.82) is 0 Å². The highest BCUT2D eigenvalue weighted by atomic mass is 16.5. The lowest BCUT2D eigenvalue weighted by Crippen LogP contribution is -2.05. The Labute approximate surface area is 78.3 Å². The van der Waals surface area contributed by atoms with Gasteiger partial charge in [0.05, 0.1) is 6.20 Å². The maximum Gasteiger partial charge on any atom is 0.137 e. The minimum Gasteiger partial charge on any atom is -0.361 e. The first-order valence-electron chi connectivity index (χ1n) is 4.70. The van der Waals surface area contributed by atoms with Crippen molar-refractivity contribution < 1.29 is 4.52 Å². The normalized spacial score (nSPS) is 30.5. The van der Waals surface area contributed by atoms with Crippen LogP contribution in [0.1, 0.15) is 31.1 Å². The number of rotatable bonds is 2. The first-order valence-corrected chi connectivity index (χ1v) is 4.70. The first-order chi connectivity index (χ1) is 6.09. The third-order valence-corrected chi connectivity index (χ3v) is 3.43. The van der Waals surface area contributed by atoms with Crippen LogP contribution in [0.2, 0.25) is 0 Å². The summed E-state index contributed by atoms with van der Waals surface area (Å²) in [7, 11) is 0. The zero-order valence-corrected chi connectivity index (χ0v) is 8.37. The lowest BCUT2D eigenvalue weighted by Gasteiger charge is -1.99. The Morgan fingerprint density at radius 1 is 1.62 bits per heavy atom. The predicted octanol–water partition coefficient (Wildman–Crippen LogP) is 1.68. The summed E-state index contributed by atoms with van der Waals surface area (Å²) in [5, 5.41) is 3.80. The van der Waals surface area contributed by atoms with E-state index in [-0.39, 0.29) is 0 Å². The van der Waals surface area contributed by atoms with Gasteiger partial charge in [-0.15, -0.1) is 0 Å². The molecule has 0 bridgehead atoms. The minimum atomic E-state index is 0.324. The Balaban J connectivity index is 2.26. The maximum atomic E-state index is 5.70. The third kappa shape index (κ3) is 1.10. The number of nitrogens with two attached hydrogens (primary N) is 1. The van der Waals surface area contributed by atoms with Crippen LogP contribution < -0.4 is 5.73 Å². The smallest absolute Gasteiger partial charge is 0.137 e. The summed E-state index contributed by atoms with van der Waals surface area (Å²) in [6.07, 6.45) is 1.83. The van der Waals surface area contributed by atoms with Crippen molar-refractivity contribution in [1.82, 2.24) is 5.16 Å². The van der Waals surface area contributed by atoms with Gasteiger partial charge in [-0.05, 0) is 30.7 Å². The molecular formula is C10H16N2O. The topological polar surface area (TPSA) is 52.0 Å². The molecule has 0 saturated heterocycles. The molecule has 0 amide bonds. The number of nitrogens with zero attached hydrogens (tertiary/aromatic N) is 1. The molecule has 0 aliphatic heterocycles. The average molecular weight is 180 g/mol. The van der Waals surface area contributed by atoms with Crippen molar-refractivity contribution in [2.24, 2.45) is 17.1 Å². The fourth-order valence-corrected chi connectivity index (χ4v) is 2.41. The summed E-state index contributed by atoms with van der Waals surface area (Å²) in [5.41, 5.74) is 7.27. The average Bonchev–Trinajstić information content (AvgIpc) is 2.41. The van der Waals surface area contributed by atoms with Gasteiger partial charge in [-0.1, -0.05) is 19.0 Å². The molecule has 0 radical (unpaired) electrons. The molecule has 1 aromatic rings. The lowest BCUT2D eigenvalue weighted by molar-refractivity contribution is 0.395. The first kappa shape index (κ1) is 8.75. The fourth-order valence-electron chi connectivity index (χ4n) is 2.41. The van der Waals surface area contributed by atoms with Gasteiger partial charge in [0.25, 0.3) is 0 Å². The molecule has 0 spiro atoms. The van der Waals surface area contributed by atoms with Gasteiger partial charge in [-0.3, -0.25) is 0 Å². The van der Waals surface area contributed by atoms with Crippen LogP contribution in [0.3, 0.4) is 0 Å². The number of hydrogen-bond donors (Lipinski definition) is 1. The molecule has 72 valence electrons. The van der Waals surface area contributed by atoms with Gasteiger partial charge in [0, 0.05) is 5.56 Å². The van der Waals surface area contributed by atoms with E-state index in [1.807, 2.05) is 13.1 Å². The van der Waals surface area contributed by atoms with Crippen molar-refractivity contribution in [3.05, 3.63) is 17.5 Å². The molecule has 0 unspecified atom stereocenters. The fraction of sp³-hybridized carbons (Fsp3) is 0.700. The summed E-state index contributed by atoms with van der Waals surface area (Å²) in [5.74, 6) is 2.07. The Morgan fingerprint density at radius 2 is 2.31 bits per heavy atom. The maximum absolute atomic E-state index is 5.70. The van der Waals surface area contributed by atoms with E-state index in [4.69, 9.17) is 10.3 Å². The molecule has 1 aliphatic rings. The molecule has 3 heteroatoms. The van der Waals surface area contributed by atoms with E-state index >= 15 is 0 Å². The molecule has 2 rings (SSSR count). The van der Waals surface area contributed by atoms with E-state index in [1.54, 1.807) is 0 Å². The zero-order chi connectivity index (χ0) is 9.64. The zero-order valence-electron chi connectivity index (χ0n) is 8.37. The molecule has 1 heterocycles. The molecule has 1 aromatic heterocycles. The largest absolute Gasteiger partial charge is 0.361 e. The van der Waals surface area contributed by atoms with Gasteiger partial charge in [-0.25, -0.2) is 0 Å². The van der Waals surface area contributed by atoms with Crippen molar-refractivity contribution in [3.8, 4) is 0 Å². The van der Waals surface area contributed by atoms with Crippen molar-refractivity contribution in [3.63, 3.8) is 0 Å². The number of hydrogen-bond acceptors (Lipinski definition) is 3. The van der Waals surface area contributed by atoms with Gasteiger partial charge < -0.3 is 10.3 Å². The Hall–Kier alpha value is -0.830. The minimum absolute atomic E-state index is 0.324. The van der Waals surface area contributed by atoms with Crippen LogP contribution >= 0.6 is 0 Å². The molecule has 3 nitrogen and oxygen atoms in total. The Bertz CT molecular complexity index is 316. The van der Waals surface area contributed by atoms with Gasteiger partial charge in [0.1, 0.15) is 5.76 Å². The second-order valence-electron chi connectivity index (χ2n) is 4.48. The molecule has 1 aliphatic carbocycles. The molecule has 13 heavy (non-hydrogen) atoms. The van der Waals surface area contributed by atoms with E-state index < -0.39 is 0 Å². The lowest BCUT2D eigenvalue weighted by atomic mass is 10.0. The standard InChI is InChI=1S/C10H16N2O/c1-6-7(5-12-13-6)9-8(4-11)10(9,2)3/h5,8-9H,4,11H2,1-3H3/t8-,9-/m1/s1. The van der Waals surface area contributed by atoms with Crippen LogP contribution in [0.15, 0.2) is 10.7 Å². The van der Waals surface area contributed by atoms with E-state index in [0.717, 1.165) is 12.3 Å². The van der Waals surface area contributed by atoms with Crippen LogP contribution in [0.4, 0.5) is 0 Å². The summed E-state index contributed by atoms with van der Waals surface area (Å²) < 4.78 is 5.06. The highest BCUT2D eigenvalue weighted by molar-refractivity contribution is 5.31. The highest BCUT2D eigenvalue weighted by Gasteiger charge is 2.58. The van der Waals surface area contributed by atoms with Crippen molar-refractivity contribution >= 4 is 0 Å². The quantitative estimate of drug-likeness (QED) is 0.753. The SMILES string of the molecule is Cc1oncc1[C@@H]1[C@@H](CN)C1(C)C. The number of aromatic nitrogens is 1.